The number of carbonyl (C=O) groups excluding carboxylic acids is 1. The second-order valence-electron chi connectivity index (χ2n) is 6.72. The van der Waals surface area contributed by atoms with E-state index in [1.54, 1.807) is 24.4 Å². The van der Waals surface area contributed by atoms with Gasteiger partial charge in [-0.25, -0.2) is 18.5 Å². The third kappa shape index (κ3) is 4.08. The van der Waals surface area contributed by atoms with Crippen molar-refractivity contribution < 1.29 is 22.4 Å². The van der Waals surface area contributed by atoms with E-state index < -0.39 is 29.3 Å². The molecule has 0 unspecified atom stereocenters. The SMILES string of the molecule is O=C(NCCCn1nc2ccccn2c1=O)c1nnn(-c2cccc(F)c2)c1C(F)(F)F. The van der Waals surface area contributed by atoms with Gasteiger partial charge in [0.2, 0.25) is 0 Å². The van der Waals surface area contributed by atoms with E-state index in [1.807, 2.05) is 0 Å². The normalized spacial score (nSPS) is 11.8. The molecule has 0 radical (unpaired) electrons. The average molecular weight is 449 g/mol. The lowest BCUT2D eigenvalue weighted by Gasteiger charge is -2.11. The maximum atomic E-state index is 13.6. The second-order valence-corrected chi connectivity index (χ2v) is 6.72. The number of nitrogens with one attached hydrogen (secondary N) is 1. The first kappa shape index (κ1) is 21.2. The number of hydrogen-bond acceptors (Lipinski definition) is 5. The zero-order valence-corrected chi connectivity index (χ0v) is 16.3. The van der Waals surface area contributed by atoms with Crippen LogP contribution >= 0.6 is 0 Å². The molecule has 0 fully saturated rings. The van der Waals surface area contributed by atoms with E-state index in [4.69, 9.17) is 0 Å². The Morgan fingerprint density at radius 3 is 2.66 bits per heavy atom. The van der Waals surface area contributed by atoms with Gasteiger partial charge in [0.15, 0.2) is 17.0 Å². The smallest absolute Gasteiger partial charge is 0.351 e. The Balaban J connectivity index is 1.47. The lowest BCUT2D eigenvalue weighted by atomic mass is 10.2. The van der Waals surface area contributed by atoms with Gasteiger partial charge in [0.05, 0.1) is 5.69 Å². The zero-order valence-electron chi connectivity index (χ0n) is 16.3. The van der Waals surface area contributed by atoms with Crippen LogP contribution in [0.15, 0.2) is 53.5 Å². The molecule has 0 aliphatic rings. The molecule has 1 amide bonds. The molecule has 166 valence electrons. The quantitative estimate of drug-likeness (QED) is 0.359. The minimum Gasteiger partial charge on any atom is -0.351 e. The van der Waals surface area contributed by atoms with Crippen molar-refractivity contribution in [3.63, 3.8) is 0 Å². The van der Waals surface area contributed by atoms with E-state index in [-0.39, 0.29) is 30.9 Å². The van der Waals surface area contributed by atoms with Crippen molar-refractivity contribution in [2.45, 2.75) is 19.1 Å². The first-order valence-electron chi connectivity index (χ1n) is 9.37. The van der Waals surface area contributed by atoms with Crippen LogP contribution in [0.2, 0.25) is 0 Å². The Morgan fingerprint density at radius 1 is 1.12 bits per heavy atom. The molecule has 0 bridgehead atoms. The molecule has 0 saturated heterocycles. The van der Waals surface area contributed by atoms with Gasteiger partial charge in [-0.1, -0.05) is 17.3 Å². The number of hydrogen-bond donors (Lipinski definition) is 1. The number of benzene rings is 1. The first-order chi connectivity index (χ1) is 15.3. The van der Waals surface area contributed by atoms with Crippen molar-refractivity contribution in [2.24, 2.45) is 0 Å². The highest BCUT2D eigenvalue weighted by molar-refractivity contribution is 5.93. The van der Waals surface area contributed by atoms with E-state index in [0.29, 0.717) is 10.3 Å². The summed E-state index contributed by atoms with van der Waals surface area (Å²) >= 11 is 0. The molecule has 4 rings (SSSR count). The molecule has 13 heteroatoms. The summed E-state index contributed by atoms with van der Waals surface area (Å²) in [4.78, 5) is 24.6. The third-order valence-corrected chi connectivity index (χ3v) is 4.53. The van der Waals surface area contributed by atoms with Crippen LogP contribution in [-0.2, 0) is 12.7 Å². The number of aryl methyl sites for hydroxylation is 1. The Kier molecular flexibility index (Phi) is 5.47. The Hall–Kier alpha value is -4.03. The summed E-state index contributed by atoms with van der Waals surface area (Å²) in [6, 6.07) is 9.39. The predicted molar refractivity (Wildman–Crippen MR) is 103 cm³/mol. The number of pyridine rings is 1. The van der Waals surface area contributed by atoms with Crippen LogP contribution in [0.3, 0.4) is 0 Å². The summed E-state index contributed by atoms with van der Waals surface area (Å²) in [5.41, 5.74) is -2.51. The molecule has 0 aliphatic heterocycles. The van der Waals surface area contributed by atoms with E-state index in [9.17, 15) is 27.2 Å². The van der Waals surface area contributed by atoms with Crippen LogP contribution in [0.25, 0.3) is 11.3 Å². The Morgan fingerprint density at radius 2 is 1.94 bits per heavy atom. The van der Waals surface area contributed by atoms with Crippen molar-refractivity contribution in [1.29, 1.82) is 0 Å². The fourth-order valence-corrected chi connectivity index (χ4v) is 3.11. The van der Waals surface area contributed by atoms with E-state index in [2.05, 4.69) is 20.7 Å². The molecule has 3 heterocycles. The lowest BCUT2D eigenvalue weighted by molar-refractivity contribution is -0.143. The third-order valence-electron chi connectivity index (χ3n) is 4.53. The second kappa shape index (κ2) is 8.24. The van der Waals surface area contributed by atoms with Crippen LogP contribution in [-0.4, -0.2) is 41.6 Å². The van der Waals surface area contributed by atoms with Crippen LogP contribution in [0, 0.1) is 5.82 Å². The van der Waals surface area contributed by atoms with E-state index in [0.717, 1.165) is 12.1 Å². The zero-order chi connectivity index (χ0) is 22.9. The van der Waals surface area contributed by atoms with Gasteiger partial charge in [-0.3, -0.25) is 9.20 Å². The van der Waals surface area contributed by atoms with Crippen LogP contribution in [0.1, 0.15) is 22.6 Å². The number of nitrogens with zero attached hydrogens (tertiary/aromatic N) is 6. The van der Waals surface area contributed by atoms with E-state index >= 15 is 0 Å². The Labute approximate surface area is 176 Å². The molecule has 1 aromatic carbocycles. The summed E-state index contributed by atoms with van der Waals surface area (Å²) in [6.07, 6.45) is -3.18. The molecule has 4 aromatic rings. The van der Waals surface area contributed by atoms with Gasteiger partial charge in [0, 0.05) is 19.3 Å². The van der Waals surface area contributed by atoms with Crippen LogP contribution in [0.5, 0.6) is 0 Å². The van der Waals surface area contributed by atoms with Crippen LogP contribution in [0.4, 0.5) is 17.6 Å². The van der Waals surface area contributed by atoms with Gasteiger partial charge in [-0.05, 0) is 36.8 Å². The highest BCUT2D eigenvalue weighted by atomic mass is 19.4. The summed E-state index contributed by atoms with van der Waals surface area (Å²) in [5, 5.41) is 13.2. The molecule has 9 nitrogen and oxygen atoms in total. The number of carbonyl (C=O) groups is 1. The molecular formula is C19H15F4N7O2. The number of halogens is 4. The van der Waals surface area contributed by atoms with Gasteiger partial charge in [-0.2, -0.15) is 13.2 Å². The number of rotatable bonds is 6. The summed E-state index contributed by atoms with van der Waals surface area (Å²) in [6.45, 7) is 0.103. The van der Waals surface area contributed by atoms with Crippen LogP contribution < -0.4 is 11.0 Å². The monoisotopic (exact) mass is 449 g/mol. The van der Waals surface area contributed by atoms with E-state index in [1.165, 1.54) is 21.2 Å². The van der Waals surface area contributed by atoms with Gasteiger partial charge in [-0.15, -0.1) is 10.2 Å². The predicted octanol–water partition coefficient (Wildman–Crippen LogP) is 2.05. The number of fused-ring (bicyclic) bond motifs is 1. The molecule has 0 spiro atoms. The molecule has 0 saturated carbocycles. The van der Waals surface area contributed by atoms with Gasteiger partial charge in [0.1, 0.15) is 5.82 Å². The summed E-state index contributed by atoms with van der Waals surface area (Å²) in [5.74, 6) is -1.86. The maximum Gasteiger partial charge on any atom is 0.435 e. The average Bonchev–Trinajstić information content (AvgIpc) is 3.34. The van der Waals surface area contributed by atoms with Crippen molar-refractivity contribution in [3.05, 3.63) is 76.4 Å². The number of amides is 1. The highest BCUT2D eigenvalue weighted by Gasteiger charge is 2.42. The van der Waals surface area contributed by atoms with Crippen molar-refractivity contribution in [2.75, 3.05) is 6.54 Å². The van der Waals surface area contributed by atoms with Crippen molar-refractivity contribution in [3.8, 4) is 5.69 Å². The molecule has 0 aliphatic carbocycles. The van der Waals surface area contributed by atoms with Crippen molar-refractivity contribution >= 4 is 11.6 Å². The largest absolute Gasteiger partial charge is 0.435 e. The minimum absolute atomic E-state index is 0.0384. The first-order valence-corrected chi connectivity index (χ1v) is 9.37. The lowest BCUT2D eigenvalue weighted by Crippen LogP contribution is -2.29. The molecule has 32 heavy (non-hydrogen) atoms. The topological polar surface area (TPSA) is 99.1 Å². The van der Waals surface area contributed by atoms with Gasteiger partial charge < -0.3 is 5.32 Å². The fourth-order valence-electron chi connectivity index (χ4n) is 3.11. The van der Waals surface area contributed by atoms with Gasteiger partial charge >= 0.3 is 11.9 Å². The molecule has 3 aromatic heterocycles. The maximum absolute atomic E-state index is 13.6. The van der Waals surface area contributed by atoms with Gasteiger partial charge in [0.25, 0.3) is 5.91 Å². The minimum atomic E-state index is -4.97. The van der Waals surface area contributed by atoms with Crippen molar-refractivity contribution in [1.82, 2.24) is 34.5 Å². The standard InChI is InChI=1S/C19H15F4N7O2/c20-12-5-3-6-13(11-12)30-16(19(21,22)23)15(25-27-30)17(31)24-8-4-10-29-18(32)28-9-2-1-7-14(28)26-29/h1-3,5-7,9,11H,4,8,10H2,(H,24,31). The molecule has 0 atom stereocenters. The highest BCUT2D eigenvalue weighted by Crippen LogP contribution is 2.32. The number of aromatic nitrogens is 6. The summed E-state index contributed by atoms with van der Waals surface area (Å²) < 4.78 is 57.2. The molecule has 1 N–H and O–H groups in total. The molecular weight excluding hydrogens is 434 g/mol. The number of alkyl halides is 3. The Bertz CT molecular complexity index is 1340. The summed E-state index contributed by atoms with van der Waals surface area (Å²) in [7, 11) is 0. The fraction of sp³-hybridized carbons (Fsp3) is 0.211.